The number of pyridine rings is 1. The van der Waals surface area contributed by atoms with E-state index < -0.39 is 0 Å². The molecule has 1 aromatic heterocycles. The second-order valence-electron chi connectivity index (χ2n) is 4.68. The van der Waals surface area contributed by atoms with Crippen molar-refractivity contribution >= 4 is 0 Å². The molecule has 16 heavy (non-hydrogen) atoms. The van der Waals surface area contributed by atoms with Crippen LogP contribution in [0.15, 0.2) is 18.3 Å². The van der Waals surface area contributed by atoms with Crippen LogP contribution in [0.3, 0.4) is 0 Å². The summed E-state index contributed by atoms with van der Waals surface area (Å²) in [6, 6.07) is 4.08. The van der Waals surface area contributed by atoms with Crippen LogP contribution in [0.2, 0.25) is 0 Å². The third-order valence-electron chi connectivity index (χ3n) is 3.24. The van der Waals surface area contributed by atoms with Gasteiger partial charge in [0, 0.05) is 12.1 Å². The van der Waals surface area contributed by atoms with Crippen LogP contribution in [0.5, 0.6) is 0 Å². The van der Waals surface area contributed by atoms with Crippen LogP contribution >= 0.6 is 0 Å². The third kappa shape index (κ3) is 2.79. The summed E-state index contributed by atoms with van der Waals surface area (Å²) in [7, 11) is 0. The molecule has 1 aliphatic rings. The normalized spacial score (nSPS) is 25.4. The average molecular weight is 222 g/mol. The molecule has 1 N–H and O–H groups in total. The van der Waals surface area contributed by atoms with Gasteiger partial charge >= 0.3 is 0 Å². The first kappa shape index (κ1) is 11.5. The molecule has 1 saturated carbocycles. The summed E-state index contributed by atoms with van der Waals surface area (Å²) < 4.78 is 12.7. The molecule has 1 fully saturated rings. The molecule has 88 valence electrons. The van der Waals surface area contributed by atoms with E-state index in [1.54, 1.807) is 6.07 Å². The van der Waals surface area contributed by atoms with Crippen molar-refractivity contribution in [1.29, 1.82) is 0 Å². The van der Waals surface area contributed by atoms with E-state index in [-0.39, 0.29) is 11.9 Å². The Balaban J connectivity index is 1.84. The van der Waals surface area contributed by atoms with E-state index in [0.717, 1.165) is 11.6 Å². The van der Waals surface area contributed by atoms with Crippen LogP contribution in [0.4, 0.5) is 4.39 Å². The zero-order valence-corrected chi connectivity index (χ0v) is 9.91. The Kier molecular flexibility index (Phi) is 3.54. The lowest BCUT2D eigenvalue weighted by Crippen LogP contribution is -2.23. The highest BCUT2D eigenvalue weighted by atomic mass is 19.1. The van der Waals surface area contributed by atoms with Crippen molar-refractivity contribution in [3.05, 3.63) is 29.8 Å². The van der Waals surface area contributed by atoms with Gasteiger partial charge in [-0.1, -0.05) is 13.3 Å². The van der Waals surface area contributed by atoms with E-state index >= 15 is 0 Å². The zero-order valence-electron chi connectivity index (χ0n) is 9.91. The third-order valence-corrected chi connectivity index (χ3v) is 3.24. The summed E-state index contributed by atoms with van der Waals surface area (Å²) in [5.41, 5.74) is 0.920. The molecular formula is C13H19FN2. The smallest absolute Gasteiger partial charge is 0.141 e. The molecule has 3 atom stereocenters. The Bertz CT molecular complexity index is 336. The van der Waals surface area contributed by atoms with Crippen LogP contribution in [-0.2, 0) is 0 Å². The minimum Gasteiger partial charge on any atom is -0.306 e. The van der Waals surface area contributed by atoms with Crippen LogP contribution < -0.4 is 5.32 Å². The number of nitrogens with zero attached hydrogens (tertiary/aromatic N) is 1. The van der Waals surface area contributed by atoms with Gasteiger partial charge in [-0.3, -0.25) is 4.98 Å². The van der Waals surface area contributed by atoms with Crippen LogP contribution in [-0.4, -0.2) is 11.0 Å². The van der Waals surface area contributed by atoms with Crippen LogP contribution in [0, 0.1) is 11.7 Å². The van der Waals surface area contributed by atoms with Gasteiger partial charge in [0.05, 0.1) is 11.9 Å². The van der Waals surface area contributed by atoms with Gasteiger partial charge in [0.25, 0.3) is 0 Å². The standard InChI is InChI=1S/C13H19FN2/c1-3-4-10-7-13(10)16-9(2)12-6-5-11(14)8-15-12/h5-6,8-10,13,16H,3-4,7H2,1-2H3. The molecule has 1 heterocycles. The van der Waals surface area contributed by atoms with Crippen LogP contribution in [0.25, 0.3) is 0 Å². The fourth-order valence-electron chi connectivity index (χ4n) is 2.19. The second-order valence-corrected chi connectivity index (χ2v) is 4.68. The molecule has 2 nitrogen and oxygen atoms in total. The predicted molar refractivity (Wildman–Crippen MR) is 62.5 cm³/mol. The first-order chi connectivity index (χ1) is 7.70. The fraction of sp³-hybridized carbons (Fsp3) is 0.615. The van der Waals surface area contributed by atoms with Crippen molar-refractivity contribution in [2.24, 2.45) is 5.92 Å². The highest BCUT2D eigenvalue weighted by molar-refractivity contribution is 5.10. The van der Waals surface area contributed by atoms with Crippen molar-refractivity contribution in [3.63, 3.8) is 0 Å². The molecule has 2 rings (SSSR count). The minimum atomic E-state index is -0.272. The summed E-state index contributed by atoms with van der Waals surface area (Å²) in [5, 5.41) is 3.54. The number of rotatable bonds is 5. The monoisotopic (exact) mass is 222 g/mol. The molecule has 3 heteroatoms. The largest absolute Gasteiger partial charge is 0.306 e. The average Bonchev–Trinajstić information content (AvgIpc) is 2.98. The molecular weight excluding hydrogens is 203 g/mol. The van der Waals surface area contributed by atoms with Gasteiger partial charge in [-0.25, -0.2) is 4.39 Å². The van der Waals surface area contributed by atoms with E-state index in [4.69, 9.17) is 0 Å². The molecule has 3 unspecified atom stereocenters. The van der Waals surface area contributed by atoms with Crippen molar-refractivity contribution in [2.45, 2.75) is 45.2 Å². The molecule has 0 bridgehead atoms. The van der Waals surface area contributed by atoms with Gasteiger partial charge in [0.1, 0.15) is 5.82 Å². The predicted octanol–water partition coefficient (Wildman–Crippen LogP) is 3.06. The van der Waals surface area contributed by atoms with E-state index in [0.29, 0.717) is 6.04 Å². The van der Waals surface area contributed by atoms with Gasteiger partial charge < -0.3 is 5.32 Å². The topological polar surface area (TPSA) is 24.9 Å². The molecule has 1 aromatic rings. The Labute approximate surface area is 96.3 Å². The van der Waals surface area contributed by atoms with Crippen molar-refractivity contribution in [3.8, 4) is 0 Å². The number of aromatic nitrogens is 1. The van der Waals surface area contributed by atoms with E-state index in [1.807, 2.05) is 0 Å². The molecule has 0 radical (unpaired) electrons. The van der Waals surface area contributed by atoms with Gasteiger partial charge in [-0.15, -0.1) is 0 Å². The lowest BCUT2D eigenvalue weighted by molar-refractivity contribution is 0.518. The molecule has 1 aliphatic carbocycles. The van der Waals surface area contributed by atoms with E-state index in [1.165, 1.54) is 31.5 Å². The quantitative estimate of drug-likeness (QED) is 0.828. The van der Waals surface area contributed by atoms with Gasteiger partial charge in [-0.05, 0) is 37.8 Å². The van der Waals surface area contributed by atoms with Gasteiger partial charge in [0.2, 0.25) is 0 Å². The first-order valence-corrected chi connectivity index (χ1v) is 6.08. The molecule has 0 saturated heterocycles. The fourth-order valence-corrected chi connectivity index (χ4v) is 2.19. The SMILES string of the molecule is CCCC1CC1NC(C)c1ccc(F)cn1. The summed E-state index contributed by atoms with van der Waals surface area (Å²) in [5.74, 6) is 0.569. The van der Waals surface area contributed by atoms with E-state index in [2.05, 4.69) is 24.1 Å². The van der Waals surface area contributed by atoms with Gasteiger partial charge in [-0.2, -0.15) is 0 Å². The highest BCUT2D eigenvalue weighted by Crippen LogP contribution is 2.36. The molecule has 0 amide bonds. The molecule has 0 aliphatic heterocycles. The minimum absolute atomic E-state index is 0.215. The van der Waals surface area contributed by atoms with Gasteiger partial charge in [0.15, 0.2) is 0 Å². The maximum atomic E-state index is 12.7. The zero-order chi connectivity index (χ0) is 11.5. The second kappa shape index (κ2) is 4.91. The lowest BCUT2D eigenvalue weighted by Gasteiger charge is -2.13. The maximum Gasteiger partial charge on any atom is 0.141 e. The molecule has 0 aromatic carbocycles. The van der Waals surface area contributed by atoms with Crippen molar-refractivity contribution < 1.29 is 4.39 Å². The van der Waals surface area contributed by atoms with Crippen molar-refractivity contribution in [1.82, 2.24) is 10.3 Å². The Morgan fingerprint density at radius 1 is 1.56 bits per heavy atom. The maximum absolute atomic E-state index is 12.7. The summed E-state index contributed by atoms with van der Waals surface area (Å²) in [6.45, 7) is 4.31. The number of hydrogen-bond donors (Lipinski definition) is 1. The van der Waals surface area contributed by atoms with Crippen molar-refractivity contribution in [2.75, 3.05) is 0 Å². The Morgan fingerprint density at radius 3 is 3.00 bits per heavy atom. The Hall–Kier alpha value is -0.960. The summed E-state index contributed by atoms with van der Waals surface area (Å²) >= 11 is 0. The number of halogens is 1. The number of nitrogens with one attached hydrogen (secondary N) is 1. The molecule has 0 spiro atoms. The van der Waals surface area contributed by atoms with E-state index in [9.17, 15) is 4.39 Å². The summed E-state index contributed by atoms with van der Waals surface area (Å²) in [6.07, 6.45) is 5.12. The number of hydrogen-bond acceptors (Lipinski definition) is 2. The first-order valence-electron chi connectivity index (χ1n) is 6.08. The Morgan fingerprint density at radius 2 is 2.38 bits per heavy atom. The summed E-state index contributed by atoms with van der Waals surface area (Å²) in [4.78, 5) is 4.09. The lowest BCUT2D eigenvalue weighted by atomic mass is 10.2. The van der Waals surface area contributed by atoms with Crippen LogP contribution in [0.1, 0.15) is 44.8 Å². The highest BCUT2D eigenvalue weighted by Gasteiger charge is 2.36.